The lowest BCUT2D eigenvalue weighted by Gasteiger charge is -2.13. The zero-order valence-corrected chi connectivity index (χ0v) is 11.7. The van der Waals surface area contributed by atoms with Crippen LogP contribution in [0.4, 0.5) is 0 Å². The Morgan fingerprint density at radius 2 is 1.95 bits per heavy atom. The molecule has 0 aliphatic rings. The molecule has 0 atom stereocenters. The Morgan fingerprint density at radius 1 is 1.16 bits per heavy atom. The van der Waals surface area contributed by atoms with E-state index in [4.69, 9.17) is 9.47 Å². The van der Waals surface area contributed by atoms with E-state index in [1.165, 1.54) is 0 Å². The van der Waals surface area contributed by atoms with Crippen LogP contribution in [0.25, 0.3) is 11.1 Å². The van der Waals surface area contributed by atoms with Crippen molar-refractivity contribution in [2.24, 2.45) is 0 Å². The van der Waals surface area contributed by atoms with Gasteiger partial charge in [0, 0.05) is 0 Å². The van der Waals surface area contributed by atoms with Crippen LogP contribution in [0.5, 0.6) is 11.6 Å². The fraction of sp³-hybridized carbons (Fsp3) is 0.333. The van der Waals surface area contributed by atoms with Gasteiger partial charge in [-0.05, 0) is 49.6 Å². The maximum atomic E-state index is 5.58. The van der Waals surface area contributed by atoms with Crippen LogP contribution in [0, 0.1) is 13.8 Å². The van der Waals surface area contributed by atoms with Gasteiger partial charge in [0.1, 0.15) is 5.75 Å². The number of aryl methyl sites for hydroxylation is 2. The van der Waals surface area contributed by atoms with Gasteiger partial charge >= 0.3 is 0 Å². The third-order valence-corrected chi connectivity index (χ3v) is 2.99. The monoisotopic (exact) mass is 258 g/mol. The van der Waals surface area contributed by atoms with E-state index in [9.17, 15) is 0 Å². The van der Waals surface area contributed by atoms with Gasteiger partial charge in [0.15, 0.2) is 0 Å². The van der Waals surface area contributed by atoms with Crippen LogP contribution in [-0.2, 0) is 0 Å². The summed E-state index contributed by atoms with van der Waals surface area (Å²) in [5.41, 5.74) is 4.26. The summed E-state index contributed by atoms with van der Waals surface area (Å²) < 4.78 is 10.8. The quantitative estimate of drug-likeness (QED) is 0.845. The Morgan fingerprint density at radius 3 is 2.58 bits per heavy atom. The first-order valence-corrected chi connectivity index (χ1v) is 6.27. The predicted molar refractivity (Wildman–Crippen MR) is 74.7 cm³/mol. The molecule has 0 spiro atoms. The molecule has 2 aromatic rings. The molecule has 0 bridgehead atoms. The second kappa shape index (κ2) is 5.69. The molecule has 1 aromatic heterocycles. The number of hydrogen-bond donors (Lipinski definition) is 0. The van der Waals surface area contributed by atoms with Gasteiger partial charge in [0.05, 0.1) is 25.5 Å². The van der Waals surface area contributed by atoms with E-state index in [-0.39, 0.29) is 0 Å². The van der Waals surface area contributed by atoms with Gasteiger partial charge in [-0.25, -0.2) is 0 Å². The normalized spacial score (nSPS) is 10.3. The topological polar surface area (TPSA) is 44.2 Å². The Hall–Kier alpha value is -2.10. The van der Waals surface area contributed by atoms with Crippen LogP contribution in [0.3, 0.4) is 0 Å². The Kier molecular flexibility index (Phi) is 4.00. The predicted octanol–water partition coefficient (Wildman–Crippen LogP) is 3.17. The smallest absolute Gasteiger partial charge is 0.241 e. The molecule has 0 saturated carbocycles. The van der Waals surface area contributed by atoms with Gasteiger partial charge in [-0.3, -0.25) is 0 Å². The number of rotatable bonds is 4. The summed E-state index contributed by atoms with van der Waals surface area (Å²) in [6.07, 6.45) is 1.75. The minimum atomic E-state index is 0.570. The van der Waals surface area contributed by atoms with Crippen molar-refractivity contribution in [1.82, 2.24) is 10.2 Å². The Labute approximate surface area is 113 Å². The van der Waals surface area contributed by atoms with E-state index in [0.717, 1.165) is 28.0 Å². The van der Waals surface area contributed by atoms with Crippen molar-refractivity contribution in [1.29, 1.82) is 0 Å². The van der Waals surface area contributed by atoms with Crippen LogP contribution in [0.2, 0.25) is 0 Å². The lowest BCUT2D eigenvalue weighted by atomic mass is 9.98. The van der Waals surface area contributed by atoms with Crippen molar-refractivity contribution in [2.45, 2.75) is 20.8 Å². The highest BCUT2D eigenvalue weighted by Gasteiger charge is 2.14. The molecule has 2 rings (SSSR count). The van der Waals surface area contributed by atoms with Gasteiger partial charge in [-0.1, -0.05) is 6.07 Å². The molecule has 1 aromatic carbocycles. The Bertz CT molecular complexity index is 582. The second-order valence-corrected chi connectivity index (χ2v) is 4.32. The van der Waals surface area contributed by atoms with Gasteiger partial charge < -0.3 is 9.47 Å². The summed E-state index contributed by atoms with van der Waals surface area (Å²) in [6.45, 7) is 6.57. The van der Waals surface area contributed by atoms with E-state index in [1.807, 2.05) is 39.0 Å². The highest BCUT2D eigenvalue weighted by molar-refractivity contribution is 5.74. The maximum absolute atomic E-state index is 5.58. The molecule has 4 nitrogen and oxygen atoms in total. The van der Waals surface area contributed by atoms with Crippen molar-refractivity contribution in [2.75, 3.05) is 13.7 Å². The molecule has 0 radical (unpaired) electrons. The first-order valence-electron chi connectivity index (χ1n) is 6.27. The summed E-state index contributed by atoms with van der Waals surface area (Å²) in [7, 11) is 1.67. The summed E-state index contributed by atoms with van der Waals surface area (Å²) in [5.74, 6) is 1.43. The molecule has 0 aliphatic carbocycles. The second-order valence-electron chi connectivity index (χ2n) is 4.32. The van der Waals surface area contributed by atoms with Gasteiger partial charge in [0.25, 0.3) is 0 Å². The number of ether oxygens (including phenoxy) is 2. The van der Waals surface area contributed by atoms with E-state index in [1.54, 1.807) is 13.3 Å². The molecular formula is C15H18N2O2. The average molecular weight is 258 g/mol. The number of aromatic nitrogens is 2. The molecule has 0 fully saturated rings. The van der Waals surface area contributed by atoms with Gasteiger partial charge in [-0.2, -0.15) is 5.10 Å². The van der Waals surface area contributed by atoms with E-state index in [0.29, 0.717) is 12.5 Å². The molecule has 19 heavy (non-hydrogen) atoms. The lowest BCUT2D eigenvalue weighted by Crippen LogP contribution is -2.01. The molecule has 4 heteroatoms. The zero-order chi connectivity index (χ0) is 13.8. The van der Waals surface area contributed by atoms with Crippen LogP contribution in [-0.4, -0.2) is 23.9 Å². The maximum Gasteiger partial charge on any atom is 0.241 e. The van der Waals surface area contributed by atoms with Crippen LogP contribution in [0.15, 0.2) is 24.4 Å². The van der Waals surface area contributed by atoms with Crippen molar-refractivity contribution in [3.8, 4) is 22.8 Å². The molecule has 1 heterocycles. The molecule has 100 valence electrons. The van der Waals surface area contributed by atoms with Crippen molar-refractivity contribution < 1.29 is 9.47 Å². The third kappa shape index (κ3) is 2.67. The first-order chi connectivity index (χ1) is 9.17. The van der Waals surface area contributed by atoms with Crippen LogP contribution < -0.4 is 9.47 Å². The van der Waals surface area contributed by atoms with Gasteiger partial charge in [0.2, 0.25) is 5.88 Å². The first kappa shape index (κ1) is 13.3. The third-order valence-electron chi connectivity index (χ3n) is 2.99. The molecule has 0 unspecified atom stereocenters. The SMILES string of the molecule is CCOc1nncc(C)c1-c1ccc(OC)cc1C. The summed E-state index contributed by atoms with van der Waals surface area (Å²) in [5, 5.41) is 8.04. The molecule has 0 aliphatic heterocycles. The lowest BCUT2D eigenvalue weighted by molar-refractivity contribution is 0.324. The molecule has 0 N–H and O–H groups in total. The standard InChI is InChI=1S/C15H18N2O2/c1-5-19-15-14(11(3)9-16-17-15)13-7-6-12(18-4)8-10(13)2/h6-9H,5H2,1-4H3. The molecule has 0 amide bonds. The van der Waals surface area contributed by atoms with E-state index >= 15 is 0 Å². The number of nitrogens with zero attached hydrogens (tertiary/aromatic N) is 2. The fourth-order valence-corrected chi connectivity index (χ4v) is 2.06. The van der Waals surface area contributed by atoms with Gasteiger partial charge in [-0.15, -0.1) is 5.10 Å². The molecular weight excluding hydrogens is 240 g/mol. The summed E-state index contributed by atoms with van der Waals surface area (Å²) in [6, 6.07) is 5.98. The van der Waals surface area contributed by atoms with Crippen molar-refractivity contribution in [3.63, 3.8) is 0 Å². The van der Waals surface area contributed by atoms with E-state index < -0.39 is 0 Å². The minimum Gasteiger partial charge on any atom is -0.497 e. The van der Waals surface area contributed by atoms with Crippen LogP contribution >= 0.6 is 0 Å². The minimum absolute atomic E-state index is 0.570. The highest BCUT2D eigenvalue weighted by atomic mass is 16.5. The van der Waals surface area contributed by atoms with Crippen molar-refractivity contribution >= 4 is 0 Å². The largest absolute Gasteiger partial charge is 0.497 e. The van der Waals surface area contributed by atoms with Crippen LogP contribution in [0.1, 0.15) is 18.1 Å². The summed E-state index contributed by atoms with van der Waals surface area (Å²) in [4.78, 5) is 0. The fourth-order valence-electron chi connectivity index (χ4n) is 2.06. The average Bonchev–Trinajstić information content (AvgIpc) is 2.40. The number of benzene rings is 1. The summed E-state index contributed by atoms with van der Waals surface area (Å²) >= 11 is 0. The zero-order valence-electron chi connectivity index (χ0n) is 11.7. The van der Waals surface area contributed by atoms with E-state index in [2.05, 4.69) is 10.2 Å². The number of hydrogen-bond acceptors (Lipinski definition) is 4. The molecule has 0 saturated heterocycles. The Balaban J connectivity index is 2.57. The van der Waals surface area contributed by atoms with Crippen molar-refractivity contribution in [3.05, 3.63) is 35.5 Å². The number of methoxy groups -OCH3 is 1. The highest BCUT2D eigenvalue weighted by Crippen LogP contribution is 2.34.